The first-order chi connectivity index (χ1) is 14.2. The zero-order chi connectivity index (χ0) is 21.7. The first-order valence-corrected chi connectivity index (χ1v) is 9.15. The van der Waals surface area contributed by atoms with E-state index in [2.05, 4.69) is 25.1 Å². The zero-order valence-corrected chi connectivity index (χ0v) is 16.7. The van der Waals surface area contributed by atoms with Gasteiger partial charge in [0.05, 0.1) is 5.69 Å². The van der Waals surface area contributed by atoms with Crippen LogP contribution in [-0.4, -0.2) is 32.3 Å². The van der Waals surface area contributed by atoms with Crippen LogP contribution in [0.3, 0.4) is 0 Å². The number of carbonyl (C=O) groups excluding carboxylic acids is 1. The van der Waals surface area contributed by atoms with Gasteiger partial charge in [-0.1, -0.05) is 39.0 Å². The van der Waals surface area contributed by atoms with Crippen LogP contribution in [0, 0.1) is 0 Å². The Morgan fingerprint density at radius 3 is 2.53 bits per heavy atom. The van der Waals surface area contributed by atoms with Gasteiger partial charge < -0.3 is 10.1 Å². The molecule has 7 nitrogen and oxygen atoms in total. The van der Waals surface area contributed by atoms with Crippen molar-refractivity contribution in [2.45, 2.75) is 32.8 Å². The van der Waals surface area contributed by atoms with E-state index in [1.54, 1.807) is 42.7 Å². The number of alkyl halides is 2. The highest BCUT2D eigenvalue weighted by atomic mass is 19.3. The van der Waals surface area contributed by atoms with Crippen LogP contribution in [0.25, 0.3) is 12.0 Å². The van der Waals surface area contributed by atoms with E-state index in [1.807, 2.05) is 20.8 Å². The number of rotatable bonds is 6. The molecule has 0 saturated heterocycles. The Morgan fingerprint density at radius 2 is 1.87 bits per heavy atom. The smallest absolute Gasteiger partial charge is 0.387 e. The minimum Gasteiger partial charge on any atom is -0.434 e. The maximum atomic E-state index is 12.5. The molecule has 0 fully saturated rings. The molecule has 1 amide bonds. The van der Waals surface area contributed by atoms with Crippen molar-refractivity contribution >= 4 is 17.8 Å². The topological polar surface area (TPSA) is 81.9 Å². The van der Waals surface area contributed by atoms with E-state index in [1.165, 1.54) is 22.9 Å². The van der Waals surface area contributed by atoms with Crippen molar-refractivity contribution in [2.75, 3.05) is 5.32 Å². The van der Waals surface area contributed by atoms with Crippen molar-refractivity contribution in [1.82, 2.24) is 19.7 Å². The highest BCUT2D eigenvalue weighted by Crippen LogP contribution is 2.26. The quantitative estimate of drug-likeness (QED) is 0.612. The third-order valence-electron chi connectivity index (χ3n) is 4.02. The van der Waals surface area contributed by atoms with E-state index < -0.39 is 12.5 Å². The number of benzene rings is 1. The number of amides is 1. The Balaban J connectivity index is 1.85. The maximum absolute atomic E-state index is 12.5. The lowest BCUT2D eigenvalue weighted by molar-refractivity contribution is -0.111. The second-order valence-corrected chi connectivity index (χ2v) is 7.36. The lowest BCUT2D eigenvalue weighted by Gasteiger charge is -2.13. The van der Waals surface area contributed by atoms with E-state index in [9.17, 15) is 13.6 Å². The number of para-hydroxylation sites is 1. The third-order valence-corrected chi connectivity index (χ3v) is 4.02. The van der Waals surface area contributed by atoms with Crippen LogP contribution in [0.1, 0.15) is 32.0 Å². The molecule has 0 saturated carbocycles. The number of hydrogen-bond acceptors (Lipinski definition) is 5. The third kappa shape index (κ3) is 5.25. The average Bonchev–Trinajstić information content (AvgIpc) is 3.12. The average molecular weight is 413 g/mol. The lowest BCUT2D eigenvalue weighted by Crippen LogP contribution is -2.14. The molecular weight excluding hydrogens is 392 g/mol. The molecule has 0 radical (unpaired) electrons. The molecule has 0 unspecified atom stereocenters. The number of anilines is 1. The number of nitrogens with zero attached hydrogens (tertiary/aromatic N) is 4. The van der Waals surface area contributed by atoms with Gasteiger partial charge in [-0.15, -0.1) is 0 Å². The molecule has 0 bridgehead atoms. The van der Waals surface area contributed by atoms with Gasteiger partial charge in [-0.2, -0.15) is 18.6 Å². The fraction of sp³-hybridized carbons (Fsp3) is 0.238. The molecule has 0 aliphatic heterocycles. The van der Waals surface area contributed by atoms with E-state index in [-0.39, 0.29) is 11.2 Å². The number of aromatic nitrogens is 4. The van der Waals surface area contributed by atoms with Crippen molar-refractivity contribution in [2.24, 2.45) is 0 Å². The van der Waals surface area contributed by atoms with Gasteiger partial charge in [0.2, 0.25) is 5.91 Å². The second-order valence-electron chi connectivity index (χ2n) is 7.36. The highest BCUT2D eigenvalue weighted by molar-refractivity contribution is 6.01. The lowest BCUT2D eigenvalue weighted by atomic mass is 9.92. The molecule has 0 spiro atoms. The Hall–Kier alpha value is -3.62. The van der Waals surface area contributed by atoms with Crippen molar-refractivity contribution < 1.29 is 18.3 Å². The van der Waals surface area contributed by atoms with Crippen LogP contribution in [0.4, 0.5) is 14.6 Å². The monoisotopic (exact) mass is 413 g/mol. The molecule has 0 atom stereocenters. The number of halogens is 2. The van der Waals surface area contributed by atoms with E-state index >= 15 is 0 Å². The van der Waals surface area contributed by atoms with Crippen LogP contribution in [0.15, 0.2) is 54.9 Å². The fourth-order valence-corrected chi connectivity index (χ4v) is 2.54. The number of carbonyl (C=O) groups is 1. The van der Waals surface area contributed by atoms with Gasteiger partial charge in [0.25, 0.3) is 5.95 Å². The van der Waals surface area contributed by atoms with Crippen LogP contribution >= 0.6 is 0 Å². The van der Waals surface area contributed by atoms with E-state index in [0.717, 1.165) is 5.69 Å². The fourth-order valence-electron chi connectivity index (χ4n) is 2.54. The summed E-state index contributed by atoms with van der Waals surface area (Å²) in [6.45, 7) is 3.04. The van der Waals surface area contributed by atoms with Crippen LogP contribution in [0.2, 0.25) is 0 Å². The number of nitrogens with one attached hydrogen (secondary N) is 1. The summed E-state index contributed by atoms with van der Waals surface area (Å²) in [6.07, 6.45) is 5.78. The van der Waals surface area contributed by atoms with Crippen molar-refractivity contribution in [3.05, 3.63) is 66.1 Å². The molecule has 3 rings (SSSR count). The van der Waals surface area contributed by atoms with Gasteiger partial charge in [0.15, 0.2) is 0 Å². The summed E-state index contributed by atoms with van der Waals surface area (Å²) >= 11 is 0. The van der Waals surface area contributed by atoms with Gasteiger partial charge in [-0.05, 0) is 18.2 Å². The number of ether oxygens (including phenoxy) is 1. The molecule has 156 valence electrons. The minimum atomic E-state index is -2.95. The maximum Gasteiger partial charge on any atom is 0.387 e. The van der Waals surface area contributed by atoms with Crippen molar-refractivity contribution in [1.29, 1.82) is 0 Å². The summed E-state index contributed by atoms with van der Waals surface area (Å²) in [5.41, 5.74) is 0.828. The highest BCUT2D eigenvalue weighted by Gasteiger charge is 2.22. The molecular formula is C21H21F2N5O2. The van der Waals surface area contributed by atoms with Crippen molar-refractivity contribution in [3.63, 3.8) is 0 Å². The van der Waals surface area contributed by atoms with Crippen LogP contribution in [0.5, 0.6) is 5.75 Å². The Morgan fingerprint density at radius 1 is 1.17 bits per heavy atom. The Bertz CT molecular complexity index is 1040. The molecule has 30 heavy (non-hydrogen) atoms. The summed E-state index contributed by atoms with van der Waals surface area (Å²) in [5, 5.41) is 7.26. The molecule has 9 heteroatoms. The van der Waals surface area contributed by atoms with Gasteiger partial charge in [0.1, 0.15) is 11.6 Å². The molecule has 2 aromatic heterocycles. The van der Waals surface area contributed by atoms with Crippen LogP contribution < -0.4 is 10.1 Å². The SMILES string of the molecule is CC(C)(C)c1cc(NC(=O)/C=C/c2ccccc2OC(F)F)n(-c2ncccn2)n1. The minimum absolute atomic E-state index is 0.0192. The van der Waals surface area contributed by atoms with Gasteiger partial charge in [0, 0.05) is 35.5 Å². The first-order valence-electron chi connectivity index (χ1n) is 9.15. The summed E-state index contributed by atoms with van der Waals surface area (Å²) < 4.78 is 31.0. The molecule has 3 aromatic rings. The first kappa shape index (κ1) is 21.1. The summed E-state index contributed by atoms with van der Waals surface area (Å²) in [4.78, 5) is 20.8. The molecule has 1 aromatic carbocycles. The molecule has 1 N–H and O–H groups in total. The molecule has 0 aliphatic carbocycles. The molecule has 0 aliphatic rings. The summed E-state index contributed by atoms with van der Waals surface area (Å²) in [7, 11) is 0. The van der Waals surface area contributed by atoms with Crippen LogP contribution in [-0.2, 0) is 10.2 Å². The van der Waals surface area contributed by atoms with Gasteiger partial charge in [-0.3, -0.25) is 4.79 Å². The Labute approximate surface area is 172 Å². The van der Waals surface area contributed by atoms with Gasteiger partial charge >= 0.3 is 6.61 Å². The zero-order valence-electron chi connectivity index (χ0n) is 16.7. The largest absolute Gasteiger partial charge is 0.434 e. The van der Waals surface area contributed by atoms with Crippen molar-refractivity contribution in [3.8, 4) is 11.7 Å². The normalized spacial score (nSPS) is 11.8. The second kappa shape index (κ2) is 8.81. The predicted molar refractivity (Wildman–Crippen MR) is 109 cm³/mol. The van der Waals surface area contributed by atoms with E-state index in [4.69, 9.17) is 0 Å². The standard InChI is InChI=1S/C21H21F2N5O2/c1-21(2,3)16-13-17(28(27-16)20-24-11-6-12-25-20)26-18(29)10-9-14-7-4-5-8-15(14)30-19(22)23/h4-13,19H,1-3H3,(H,26,29)/b10-9+. The molecule has 2 heterocycles. The number of hydrogen-bond donors (Lipinski definition) is 1. The predicted octanol–water partition coefficient (Wildman–Crippen LogP) is 4.21. The summed E-state index contributed by atoms with van der Waals surface area (Å²) in [5.74, 6) is 0.203. The summed E-state index contributed by atoms with van der Waals surface area (Å²) in [6, 6.07) is 9.63. The Kier molecular flexibility index (Phi) is 6.20. The van der Waals surface area contributed by atoms with Gasteiger partial charge in [-0.25, -0.2) is 9.97 Å². The van der Waals surface area contributed by atoms with E-state index in [0.29, 0.717) is 17.3 Å².